The molecule has 1 saturated heterocycles. The molecule has 192 valence electrons. The monoisotopic (exact) mass is 510 g/mol. The summed E-state index contributed by atoms with van der Waals surface area (Å²) in [6.45, 7) is 6.40. The molecule has 2 heterocycles. The fourth-order valence-electron chi connectivity index (χ4n) is 3.52. The standard InChI is InChI=1S/C22H31N4O8P/c1-13(2)31-21(28)14(3)25-35(30,34-16-8-6-5-7-9-16)33-15(4)20-17(27)12-19(32-20)26-11-10-18(23)24-22(26)29/h5-11,13-15,17,19-20,27H,12H2,1-4H3,(H,25,30)(H2,23,24,29)/t14-,15+,17-,19+,20+,35?/m0/s1. The Labute approximate surface area is 202 Å². The van der Waals surface area contributed by atoms with Gasteiger partial charge < -0.3 is 24.8 Å². The minimum atomic E-state index is -4.18. The molecule has 1 aromatic heterocycles. The van der Waals surface area contributed by atoms with Gasteiger partial charge >= 0.3 is 19.4 Å². The molecule has 3 rings (SSSR count). The number of nitrogens with zero attached hydrogens (tertiary/aromatic N) is 2. The molecular weight excluding hydrogens is 479 g/mol. The van der Waals surface area contributed by atoms with Crippen molar-refractivity contribution in [2.24, 2.45) is 0 Å². The van der Waals surface area contributed by atoms with Gasteiger partial charge in [0.2, 0.25) is 0 Å². The molecule has 1 aliphatic heterocycles. The zero-order valence-corrected chi connectivity index (χ0v) is 20.8. The Morgan fingerprint density at radius 1 is 1.26 bits per heavy atom. The van der Waals surface area contributed by atoms with Gasteiger partial charge in [-0.2, -0.15) is 10.1 Å². The summed E-state index contributed by atoms with van der Waals surface area (Å²) in [6.07, 6.45) is -2.69. The van der Waals surface area contributed by atoms with Gasteiger partial charge in [-0.1, -0.05) is 18.2 Å². The summed E-state index contributed by atoms with van der Waals surface area (Å²) in [5.41, 5.74) is 4.90. The van der Waals surface area contributed by atoms with Crippen molar-refractivity contribution in [1.82, 2.24) is 14.6 Å². The number of carbonyl (C=O) groups is 1. The highest BCUT2D eigenvalue weighted by atomic mass is 31.2. The van der Waals surface area contributed by atoms with Gasteiger partial charge in [-0.15, -0.1) is 0 Å². The van der Waals surface area contributed by atoms with Gasteiger partial charge in [0.1, 0.15) is 29.9 Å². The number of benzene rings is 1. The molecule has 35 heavy (non-hydrogen) atoms. The number of anilines is 1. The van der Waals surface area contributed by atoms with E-state index in [2.05, 4.69) is 10.1 Å². The van der Waals surface area contributed by atoms with E-state index < -0.39 is 50.0 Å². The number of aliphatic hydroxyl groups excluding tert-OH is 1. The first-order valence-corrected chi connectivity index (χ1v) is 12.7. The highest BCUT2D eigenvalue weighted by Gasteiger charge is 2.43. The van der Waals surface area contributed by atoms with Crippen molar-refractivity contribution in [2.45, 2.75) is 70.8 Å². The lowest BCUT2D eigenvalue weighted by Gasteiger charge is -2.29. The Bertz CT molecular complexity index is 1110. The summed E-state index contributed by atoms with van der Waals surface area (Å²) in [6, 6.07) is 8.70. The number of carbonyl (C=O) groups excluding carboxylic acids is 1. The summed E-state index contributed by atoms with van der Waals surface area (Å²) in [5, 5.41) is 13.2. The summed E-state index contributed by atoms with van der Waals surface area (Å²) in [7, 11) is -4.18. The second kappa shape index (κ2) is 11.3. The van der Waals surface area contributed by atoms with Gasteiger partial charge in [0, 0.05) is 12.6 Å². The second-order valence-electron chi connectivity index (χ2n) is 8.45. The lowest BCUT2D eigenvalue weighted by atomic mass is 10.1. The maximum absolute atomic E-state index is 13.7. The van der Waals surface area contributed by atoms with Crippen LogP contribution in [0.2, 0.25) is 0 Å². The van der Waals surface area contributed by atoms with Crippen LogP contribution in [0.25, 0.3) is 0 Å². The van der Waals surface area contributed by atoms with Gasteiger partial charge in [0.05, 0.1) is 18.3 Å². The summed E-state index contributed by atoms with van der Waals surface area (Å²) >= 11 is 0. The second-order valence-corrected chi connectivity index (χ2v) is 10.1. The first-order chi connectivity index (χ1) is 16.5. The van der Waals surface area contributed by atoms with E-state index in [1.807, 2.05) is 0 Å². The highest BCUT2D eigenvalue weighted by molar-refractivity contribution is 7.52. The van der Waals surface area contributed by atoms with Crippen LogP contribution >= 0.6 is 7.75 Å². The van der Waals surface area contributed by atoms with Gasteiger partial charge in [-0.25, -0.2) is 9.36 Å². The number of nitrogens with two attached hydrogens (primary N) is 1. The largest absolute Gasteiger partial charge is 0.462 e. The van der Waals surface area contributed by atoms with Crippen LogP contribution < -0.4 is 21.0 Å². The molecule has 0 saturated carbocycles. The molecule has 0 spiro atoms. The molecular formula is C22H31N4O8P. The molecule has 0 aliphatic carbocycles. The smallest absolute Gasteiger partial charge is 0.459 e. The van der Waals surface area contributed by atoms with Crippen LogP contribution in [0.1, 0.15) is 40.3 Å². The van der Waals surface area contributed by atoms with E-state index in [9.17, 15) is 19.3 Å². The predicted molar refractivity (Wildman–Crippen MR) is 126 cm³/mol. The third-order valence-electron chi connectivity index (χ3n) is 5.09. The minimum Gasteiger partial charge on any atom is -0.462 e. The van der Waals surface area contributed by atoms with Crippen molar-refractivity contribution in [2.75, 3.05) is 5.73 Å². The first-order valence-electron chi connectivity index (χ1n) is 11.2. The summed E-state index contributed by atoms with van der Waals surface area (Å²) in [4.78, 5) is 28.1. The van der Waals surface area contributed by atoms with E-state index in [0.29, 0.717) is 0 Å². The van der Waals surface area contributed by atoms with E-state index >= 15 is 0 Å². The van der Waals surface area contributed by atoms with Gasteiger partial charge in [-0.3, -0.25) is 13.9 Å². The van der Waals surface area contributed by atoms with Crippen molar-refractivity contribution >= 4 is 19.5 Å². The average molecular weight is 510 g/mol. The molecule has 2 aromatic rings. The summed E-state index contributed by atoms with van der Waals surface area (Å²) < 4.78 is 37.3. The van der Waals surface area contributed by atoms with Crippen LogP contribution in [-0.2, 0) is 23.4 Å². The SMILES string of the molecule is CC(C)OC(=O)[C@H](C)NP(=O)(Oc1ccccc1)O[C@H](C)[C@H]1O[C@@H](n2ccc(N)nc2=O)C[C@@H]1O. The number of nitrogens with one attached hydrogen (secondary N) is 1. The molecule has 4 N–H and O–H groups in total. The molecule has 0 amide bonds. The quantitative estimate of drug-likeness (QED) is 0.316. The van der Waals surface area contributed by atoms with Crippen LogP contribution in [0.4, 0.5) is 5.82 Å². The molecule has 13 heteroatoms. The van der Waals surface area contributed by atoms with Crippen molar-refractivity contribution in [3.05, 3.63) is 53.1 Å². The van der Waals surface area contributed by atoms with Gasteiger partial charge in [-0.05, 0) is 45.9 Å². The van der Waals surface area contributed by atoms with Gasteiger partial charge in [0.25, 0.3) is 0 Å². The Morgan fingerprint density at radius 3 is 2.57 bits per heavy atom. The van der Waals surface area contributed by atoms with E-state index in [1.165, 1.54) is 23.8 Å². The van der Waals surface area contributed by atoms with Crippen LogP contribution in [0, 0.1) is 0 Å². The Balaban J connectivity index is 1.77. The molecule has 0 bridgehead atoms. The average Bonchev–Trinajstić information content (AvgIpc) is 3.15. The highest BCUT2D eigenvalue weighted by Crippen LogP contribution is 2.47. The van der Waals surface area contributed by atoms with Crippen molar-refractivity contribution < 1.29 is 33.0 Å². The van der Waals surface area contributed by atoms with Crippen LogP contribution in [0.3, 0.4) is 0 Å². The molecule has 1 fully saturated rings. The molecule has 6 atom stereocenters. The fraction of sp³-hybridized carbons (Fsp3) is 0.500. The number of rotatable bonds is 10. The lowest BCUT2D eigenvalue weighted by Crippen LogP contribution is -2.39. The third-order valence-corrected chi connectivity index (χ3v) is 6.86. The zero-order valence-electron chi connectivity index (χ0n) is 19.9. The Hall–Kier alpha value is -2.76. The summed E-state index contributed by atoms with van der Waals surface area (Å²) in [5.74, 6) is -0.334. The number of ether oxygens (including phenoxy) is 2. The normalized spacial score (nSPS) is 23.4. The van der Waals surface area contributed by atoms with E-state index in [1.54, 1.807) is 51.1 Å². The molecule has 1 unspecified atom stereocenters. The molecule has 12 nitrogen and oxygen atoms in total. The maximum atomic E-state index is 13.7. The number of hydrogen-bond donors (Lipinski definition) is 3. The minimum absolute atomic E-state index is 0.0632. The predicted octanol–water partition coefficient (Wildman–Crippen LogP) is 2.00. The van der Waals surface area contributed by atoms with Gasteiger partial charge in [0.15, 0.2) is 0 Å². The number of para-hydroxylation sites is 1. The zero-order chi connectivity index (χ0) is 25.8. The number of nitrogen functional groups attached to an aromatic ring is 1. The molecule has 1 aromatic carbocycles. The van der Waals surface area contributed by atoms with E-state index in [-0.39, 0.29) is 24.1 Å². The number of esters is 1. The Kier molecular flexibility index (Phi) is 8.68. The lowest BCUT2D eigenvalue weighted by molar-refractivity contribution is -0.149. The van der Waals surface area contributed by atoms with Crippen molar-refractivity contribution in [3.8, 4) is 5.75 Å². The number of aromatic nitrogens is 2. The number of hydrogen-bond acceptors (Lipinski definition) is 10. The first kappa shape index (κ1) is 26.8. The molecule has 1 aliphatic rings. The van der Waals surface area contributed by atoms with E-state index in [4.69, 9.17) is 24.3 Å². The maximum Gasteiger partial charge on any atom is 0.459 e. The van der Waals surface area contributed by atoms with Crippen LogP contribution in [0.5, 0.6) is 5.75 Å². The van der Waals surface area contributed by atoms with Crippen LogP contribution in [0.15, 0.2) is 47.4 Å². The molecule has 0 radical (unpaired) electrons. The third kappa shape index (κ3) is 7.12. The number of aliphatic hydroxyl groups is 1. The van der Waals surface area contributed by atoms with Crippen molar-refractivity contribution in [3.63, 3.8) is 0 Å². The van der Waals surface area contributed by atoms with E-state index in [0.717, 1.165) is 0 Å². The van der Waals surface area contributed by atoms with Crippen LogP contribution in [-0.4, -0.2) is 51.1 Å². The Morgan fingerprint density at radius 2 is 1.94 bits per heavy atom. The fourth-order valence-corrected chi connectivity index (χ4v) is 5.21. The van der Waals surface area contributed by atoms with Crippen molar-refractivity contribution in [1.29, 1.82) is 0 Å². The topological polar surface area (TPSA) is 164 Å².